The van der Waals surface area contributed by atoms with E-state index in [1.165, 1.54) is 25.9 Å². The summed E-state index contributed by atoms with van der Waals surface area (Å²) in [5.74, 6) is 1.36. The number of rotatable bonds is 2. The van der Waals surface area contributed by atoms with Gasteiger partial charge in [0.15, 0.2) is 0 Å². The van der Waals surface area contributed by atoms with Gasteiger partial charge in [0.2, 0.25) is 0 Å². The van der Waals surface area contributed by atoms with Crippen LogP contribution >= 0.6 is 0 Å². The fraction of sp³-hybridized carbons (Fsp3) is 0.867. The summed E-state index contributed by atoms with van der Waals surface area (Å²) in [6.07, 6.45) is 7.10. The molecule has 2 heteroatoms. The van der Waals surface area contributed by atoms with Gasteiger partial charge >= 0.3 is 0 Å². The van der Waals surface area contributed by atoms with Crippen molar-refractivity contribution in [2.45, 2.75) is 52.2 Å². The third kappa shape index (κ3) is 3.56. The molecular weight excluding hydrogens is 210 g/mol. The van der Waals surface area contributed by atoms with E-state index in [-0.39, 0.29) is 0 Å². The lowest BCUT2D eigenvalue weighted by Crippen LogP contribution is -2.26. The molecule has 4 atom stereocenters. The van der Waals surface area contributed by atoms with Crippen LogP contribution < -0.4 is 0 Å². The van der Waals surface area contributed by atoms with Gasteiger partial charge in [0.1, 0.15) is 0 Å². The summed E-state index contributed by atoms with van der Waals surface area (Å²) in [4.78, 5) is 2.46. The summed E-state index contributed by atoms with van der Waals surface area (Å²) in [6.45, 7) is 9.26. The van der Waals surface area contributed by atoms with Gasteiger partial charge in [-0.1, -0.05) is 25.5 Å². The Labute approximate surface area is 106 Å². The minimum atomic E-state index is 0.474. The Morgan fingerprint density at radius 1 is 1.24 bits per heavy atom. The highest BCUT2D eigenvalue weighted by Crippen LogP contribution is 2.29. The Bertz CT molecular complexity index is 287. The van der Waals surface area contributed by atoms with Crippen LogP contribution in [-0.4, -0.2) is 37.2 Å². The lowest BCUT2D eigenvalue weighted by Gasteiger charge is -2.21. The summed E-state index contributed by atoms with van der Waals surface area (Å²) >= 11 is 0. The zero-order chi connectivity index (χ0) is 12.4. The van der Waals surface area contributed by atoms with Crippen LogP contribution in [0.5, 0.6) is 0 Å². The number of nitrogens with zero attached hydrogens (tertiary/aromatic N) is 1. The van der Waals surface area contributed by atoms with Gasteiger partial charge in [-0.25, -0.2) is 0 Å². The highest BCUT2D eigenvalue weighted by molar-refractivity contribution is 5.12. The van der Waals surface area contributed by atoms with E-state index in [4.69, 9.17) is 4.74 Å². The van der Waals surface area contributed by atoms with Crippen molar-refractivity contribution < 1.29 is 4.74 Å². The molecule has 2 aliphatic heterocycles. The van der Waals surface area contributed by atoms with E-state index < -0.39 is 0 Å². The van der Waals surface area contributed by atoms with Gasteiger partial charge in [-0.3, -0.25) is 0 Å². The molecule has 0 aliphatic carbocycles. The van der Waals surface area contributed by atoms with Gasteiger partial charge in [0.25, 0.3) is 0 Å². The zero-order valence-corrected chi connectivity index (χ0v) is 11.8. The second-order valence-electron chi connectivity index (χ2n) is 6.19. The van der Waals surface area contributed by atoms with Crippen LogP contribution in [0.1, 0.15) is 40.0 Å². The highest BCUT2D eigenvalue weighted by atomic mass is 16.5. The molecule has 0 aromatic heterocycles. The molecule has 17 heavy (non-hydrogen) atoms. The average Bonchev–Trinajstić information content (AvgIpc) is 2.57. The van der Waals surface area contributed by atoms with Crippen molar-refractivity contribution >= 4 is 0 Å². The average molecular weight is 237 g/mol. The molecule has 0 bridgehead atoms. The van der Waals surface area contributed by atoms with Crippen molar-refractivity contribution in [3.63, 3.8) is 0 Å². The smallest absolute Gasteiger partial charge is 0.0616 e. The molecule has 0 aromatic rings. The summed E-state index contributed by atoms with van der Waals surface area (Å²) in [6, 6.07) is 0. The van der Waals surface area contributed by atoms with Gasteiger partial charge in [-0.15, -0.1) is 0 Å². The largest absolute Gasteiger partial charge is 0.375 e. The van der Waals surface area contributed by atoms with Crippen molar-refractivity contribution in [3.05, 3.63) is 11.6 Å². The van der Waals surface area contributed by atoms with Gasteiger partial charge in [0, 0.05) is 13.1 Å². The molecule has 0 saturated carbocycles. The topological polar surface area (TPSA) is 12.5 Å². The summed E-state index contributed by atoms with van der Waals surface area (Å²) in [5, 5.41) is 0. The maximum absolute atomic E-state index is 5.96. The van der Waals surface area contributed by atoms with E-state index in [9.17, 15) is 0 Å². The molecule has 0 amide bonds. The molecule has 1 fully saturated rings. The molecule has 0 aromatic carbocycles. The first-order valence-corrected chi connectivity index (χ1v) is 7.09. The number of hydrogen-bond donors (Lipinski definition) is 0. The Hall–Kier alpha value is -0.340. The molecule has 98 valence electrons. The maximum atomic E-state index is 5.96. The van der Waals surface area contributed by atoms with Gasteiger partial charge in [0.05, 0.1) is 12.2 Å². The predicted molar refractivity (Wildman–Crippen MR) is 72.1 cm³/mol. The van der Waals surface area contributed by atoms with Crippen molar-refractivity contribution in [3.8, 4) is 0 Å². The zero-order valence-electron chi connectivity index (χ0n) is 11.8. The van der Waals surface area contributed by atoms with Gasteiger partial charge < -0.3 is 9.64 Å². The minimum Gasteiger partial charge on any atom is -0.375 e. The fourth-order valence-corrected chi connectivity index (χ4v) is 3.30. The van der Waals surface area contributed by atoms with Crippen LogP contribution in [0.15, 0.2) is 11.6 Å². The Morgan fingerprint density at radius 2 is 2.00 bits per heavy atom. The quantitative estimate of drug-likeness (QED) is 0.684. The maximum Gasteiger partial charge on any atom is 0.0616 e. The van der Waals surface area contributed by atoms with Crippen molar-refractivity contribution in [1.29, 1.82) is 0 Å². The predicted octanol–water partition coefficient (Wildman–Crippen LogP) is 3.09. The molecule has 1 saturated heterocycles. The number of ether oxygens (including phenoxy) is 1. The van der Waals surface area contributed by atoms with Crippen molar-refractivity contribution in [2.24, 2.45) is 11.8 Å². The number of hydrogen-bond acceptors (Lipinski definition) is 2. The molecule has 0 radical (unpaired) electrons. The van der Waals surface area contributed by atoms with E-state index in [1.807, 2.05) is 0 Å². The Morgan fingerprint density at radius 3 is 2.65 bits per heavy atom. The molecule has 4 unspecified atom stereocenters. The van der Waals surface area contributed by atoms with Crippen LogP contribution in [0.25, 0.3) is 0 Å². The lowest BCUT2D eigenvalue weighted by atomic mass is 9.93. The van der Waals surface area contributed by atoms with Crippen LogP contribution in [0, 0.1) is 11.8 Å². The summed E-state index contributed by atoms with van der Waals surface area (Å²) < 4.78 is 5.96. The van der Waals surface area contributed by atoms with E-state index in [0.29, 0.717) is 24.0 Å². The Kier molecular flexibility index (Phi) is 4.26. The van der Waals surface area contributed by atoms with Gasteiger partial charge in [-0.2, -0.15) is 0 Å². The monoisotopic (exact) mass is 237 g/mol. The normalized spacial score (nSPS) is 40.1. The molecule has 0 N–H and O–H groups in total. The third-order valence-electron chi connectivity index (χ3n) is 4.10. The second-order valence-corrected chi connectivity index (χ2v) is 6.19. The Balaban J connectivity index is 1.97. The van der Waals surface area contributed by atoms with Crippen molar-refractivity contribution in [2.75, 3.05) is 20.1 Å². The summed E-state index contributed by atoms with van der Waals surface area (Å²) in [7, 11) is 2.23. The van der Waals surface area contributed by atoms with Crippen LogP contribution in [0.3, 0.4) is 0 Å². The minimum absolute atomic E-state index is 0.474. The second kappa shape index (κ2) is 5.53. The standard InChI is InChI=1S/C15H27NO/c1-11-7-14(12(2)10-16(4)9-11)8-15-6-5-13(3)17-15/h7,11-13,15H,5-6,8-10H2,1-4H3. The van der Waals surface area contributed by atoms with E-state index >= 15 is 0 Å². The molecule has 0 spiro atoms. The molecule has 2 nitrogen and oxygen atoms in total. The van der Waals surface area contributed by atoms with Gasteiger partial charge in [-0.05, 0) is 45.1 Å². The molecule has 2 rings (SSSR count). The lowest BCUT2D eigenvalue weighted by molar-refractivity contribution is 0.0549. The molecule has 2 aliphatic rings. The van der Waals surface area contributed by atoms with E-state index in [1.54, 1.807) is 5.57 Å². The SMILES string of the molecule is CC1C=C(CC2CCC(C)O2)C(C)CN(C)C1. The van der Waals surface area contributed by atoms with E-state index in [0.717, 1.165) is 6.42 Å². The van der Waals surface area contributed by atoms with E-state index in [2.05, 4.69) is 38.8 Å². The first-order valence-electron chi connectivity index (χ1n) is 7.09. The highest BCUT2D eigenvalue weighted by Gasteiger charge is 2.26. The van der Waals surface area contributed by atoms with Crippen LogP contribution in [0.2, 0.25) is 0 Å². The van der Waals surface area contributed by atoms with Crippen LogP contribution in [-0.2, 0) is 4.74 Å². The molecular formula is C15H27NO. The fourth-order valence-electron chi connectivity index (χ4n) is 3.30. The third-order valence-corrected chi connectivity index (χ3v) is 4.10. The van der Waals surface area contributed by atoms with Crippen molar-refractivity contribution in [1.82, 2.24) is 4.90 Å². The first-order chi connectivity index (χ1) is 8.04. The molecule has 2 heterocycles. The van der Waals surface area contributed by atoms with Crippen LogP contribution in [0.4, 0.5) is 0 Å². The summed E-state index contributed by atoms with van der Waals surface area (Å²) in [5.41, 5.74) is 1.63. The first kappa shape index (κ1) is 13.1.